The molecule has 0 fully saturated rings. The molecule has 9 rings (SSSR count). The average Bonchev–Trinajstić information content (AvgIpc) is 3.18. The Hall–Kier alpha value is -6.45. The van der Waals surface area contributed by atoms with Crippen LogP contribution in [0.4, 0.5) is 0 Å². The third-order valence-corrected chi connectivity index (χ3v) is 9.18. The van der Waals surface area contributed by atoms with Crippen molar-refractivity contribution in [3.63, 3.8) is 0 Å². The SMILES string of the molecule is c1ccc(-c2cc(-c3cccc(-c4cccc(-c5cccc6c7ccccc7c7ccccc7c56)c4)c3)cc(-c3cccnc3)n2)nc1. The molecule has 0 saturated carbocycles. The van der Waals surface area contributed by atoms with Crippen LogP contribution in [-0.2, 0) is 0 Å². The van der Waals surface area contributed by atoms with Crippen molar-refractivity contribution >= 4 is 32.3 Å². The lowest BCUT2D eigenvalue weighted by molar-refractivity contribution is 1.24. The Morgan fingerprint density at radius 2 is 0.896 bits per heavy atom. The van der Waals surface area contributed by atoms with E-state index in [4.69, 9.17) is 4.98 Å². The fraction of sp³-hybridized carbons (Fsp3) is 0. The molecule has 0 atom stereocenters. The van der Waals surface area contributed by atoms with Crippen LogP contribution in [0.3, 0.4) is 0 Å². The number of hydrogen-bond acceptors (Lipinski definition) is 3. The molecule has 3 aromatic heterocycles. The molecule has 3 heteroatoms. The minimum Gasteiger partial charge on any atom is -0.264 e. The van der Waals surface area contributed by atoms with E-state index in [1.165, 1.54) is 49.0 Å². The average molecular weight is 612 g/mol. The zero-order valence-electron chi connectivity index (χ0n) is 26.1. The molecule has 0 unspecified atom stereocenters. The summed E-state index contributed by atoms with van der Waals surface area (Å²) in [6, 6.07) is 56.1. The van der Waals surface area contributed by atoms with Gasteiger partial charge in [0.15, 0.2) is 0 Å². The molecule has 0 bridgehead atoms. The quantitative estimate of drug-likeness (QED) is 0.182. The number of aromatic nitrogens is 3. The monoisotopic (exact) mass is 611 g/mol. The Kier molecular flexibility index (Phi) is 6.80. The fourth-order valence-electron chi connectivity index (χ4n) is 6.95. The molecule has 0 spiro atoms. The van der Waals surface area contributed by atoms with E-state index in [1.54, 1.807) is 6.20 Å². The van der Waals surface area contributed by atoms with Crippen molar-refractivity contribution in [1.82, 2.24) is 15.0 Å². The topological polar surface area (TPSA) is 38.7 Å². The highest BCUT2D eigenvalue weighted by atomic mass is 14.8. The van der Waals surface area contributed by atoms with Crippen LogP contribution < -0.4 is 0 Å². The van der Waals surface area contributed by atoms with Crippen molar-refractivity contribution in [2.45, 2.75) is 0 Å². The first-order chi connectivity index (χ1) is 23.8. The first-order valence-corrected chi connectivity index (χ1v) is 16.2. The van der Waals surface area contributed by atoms with E-state index in [0.717, 1.165) is 39.3 Å². The van der Waals surface area contributed by atoms with Gasteiger partial charge in [0.2, 0.25) is 0 Å². The van der Waals surface area contributed by atoms with E-state index in [-0.39, 0.29) is 0 Å². The Bertz CT molecular complexity index is 2510. The second-order valence-electron chi connectivity index (χ2n) is 12.1. The number of pyridine rings is 3. The van der Waals surface area contributed by atoms with Gasteiger partial charge in [0.05, 0.1) is 17.1 Å². The Morgan fingerprint density at radius 1 is 0.333 bits per heavy atom. The molecule has 0 N–H and O–H groups in total. The predicted molar refractivity (Wildman–Crippen MR) is 200 cm³/mol. The summed E-state index contributed by atoms with van der Waals surface area (Å²) in [5, 5.41) is 7.70. The van der Waals surface area contributed by atoms with Crippen molar-refractivity contribution in [1.29, 1.82) is 0 Å². The van der Waals surface area contributed by atoms with E-state index in [1.807, 2.05) is 42.7 Å². The largest absolute Gasteiger partial charge is 0.264 e. The molecule has 6 aromatic carbocycles. The third kappa shape index (κ3) is 4.90. The Morgan fingerprint density at radius 3 is 1.58 bits per heavy atom. The van der Waals surface area contributed by atoms with Gasteiger partial charge >= 0.3 is 0 Å². The second kappa shape index (κ2) is 11.7. The minimum atomic E-state index is 0.829. The lowest BCUT2D eigenvalue weighted by atomic mass is 9.88. The van der Waals surface area contributed by atoms with Crippen molar-refractivity contribution < 1.29 is 0 Å². The molecule has 3 heterocycles. The summed E-state index contributed by atoms with van der Waals surface area (Å²) >= 11 is 0. The van der Waals surface area contributed by atoms with E-state index < -0.39 is 0 Å². The summed E-state index contributed by atoms with van der Waals surface area (Å²) < 4.78 is 0. The van der Waals surface area contributed by atoms with Crippen LogP contribution in [0.15, 0.2) is 176 Å². The van der Waals surface area contributed by atoms with Gasteiger partial charge in [-0.05, 0) is 114 Å². The van der Waals surface area contributed by atoms with Gasteiger partial charge < -0.3 is 0 Å². The van der Waals surface area contributed by atoms with Crippen LogP contribution in [0.1, 0.15) is 0 Å². The van der Waals surface area contributed by atoms with Crippen LogP contribution in [-0.4, -0.2) is 15.0 Å². The number of fused-ring (bicyclic) bond motifs is 6. The van der Waals surface area contributed by atoms with Crippen molar-refractivity contribution in [3.05, 3.63) is 176 Å². The summed E-state index contributed by atoms with van der Waals surface area (Å²) in [5.74, 6) is 0. The molecule has 48 heavy (non-hydrogen) atoms. The van der Waals surface area contributed by atoms with Crippen LogP contribution in [0.2, 0.25) is 0 Å². The number of benzene rings is 6. The molecule has 0 radical (unpaired) electrons. The summed E-state index contributed by atoms with van der Waals surface area (Å²) in [6.45, 7) is 0. The molecule has 0 aliphatic heterocycles. The number of nitrogens with zero attached hydrogens (tertiary/aromatic N) is 3. The molecular weight excluding hydrogens is 583 g/mol. The van der Waals surface area contributed by atoms with Crippen molar-refractivity contribution in [3.8, 4) is 56.0 Å². The molecule has 0 amide bonds. The van der Waals surface area contributed by atoms with Gasteiger partial charge in [0, 0.05) is 24.2 Å². The maximum absolute atomic E-state index is 4.99. The molecule has 224 valence electrons. The number of rotatable bonds is 5. The summed E-state index contributed by atoms with van der Waals surface area (Å²) in [5.41, 5.74) is 10.5. The highest BCUT2D eigenvalue weighted by Gasteiger charge is 2.14. The summed E-state index contributed by atoms with van der Waals surface area (Å²) in [6.07, 6.45) is 5.45. The lowest BCUT2D eigenvalue weighted by Crippen LogP contribution is -1.93. The van der Waals surface area contributed by atoms with Crippen molar-refractivity contribution in [2.75, 3.05) is 0 Å². The normalized spacial score (nSPS) is 11.3. The first-order valence-electron chi connectivity index (χ1n) is 16.2. The van der Waals surface area contributed by atoms with Gasteiger partial charge in [-0.1, -0.05) is 109 Å². The van der Waals surface area contributed by atoms with E-state index in [9.17, 15) is 0 Å². The second-order valence-corrected chi connectivity index (χ2v) is 12.1. The van der Waals surface area contributed by atoms with Gasteiger partial charge in [-0.2, -0.15) is 0 Å². The number of hydrogen-bond donors (Lipinski definition) is 0. The minimum absolute atomic E-state index is 0.829. The van der Waals surface area contributed by atoms with Crippen LogP contribution >= 0.6 is 0 Å². The Balaban J connectivity index is 1.18. The fourth-order valence-corrected chi connectivity index (χ4v) is 6.95. The lowest BCUT2D eigenvalue weighted by Gasteiger charge is -2.15. The van der Waals surface area contributed by atoms with Crippen LogP contribution in [0.5, 0.6) is 0 Å². The van der Waals surface area contributed by atoms with E-state index >= 15 is 0 Å². The smallest absolute Gasteiger partial charge is 0.0899 e. The van der Waals surface area contributed by atoms with E-state index in [2.05, 4.69) is 137 Å². The third-order valence-electron chi connectivity index (χ3n) is 9.18. The van der Waals surface area contributed by atoms with Crippen molar-refractivity contribution in [2.24, 2.45) is 0 Å². The standard InChI is InChI=1S/C45H29N3/c1-2-17-39-37(16-1)38-18-3-4-19-40(38)45-36(20-9-21-41(39)45)33-14-8-12-31(26-33)30-11-7-13-32(25-30)35-27-43(34-15-10-23-46-29-34)48-44(28-35)42-22-5-6-24-47-42/h1-29H. The van der Waals surface area contributed by atoms with Gasteiger partial charge in [-0.25, -0.2) is 4.98 Å². The predicted octanol–water partition coefficient (Wildman–Crippen LogP) is 11.7. The molecule has 3 nitrogen and oxygen atoms in total. The molecule has 0 saturated heterocycles. The maximum Gasteiger partial charge on any atom is 0.0899 e. The van der Waals surface area contributed by atoms with E-state index in [0.29, 0.717) is 0 Å². The van der Waals surface area contributed by atoms with Crippen LogP contribution in [0, 0.1) is 0 Å². The molecular formula is C45H29N3. The van der Waals surface area contributed by atoms with Gasteiger partial charge in [-0.15, -0.1) is 0 Å². The summed E-state index contributed by atoms with van der Waals surface area (Å²) in [7, 11) is 0. The zero-order chi connectivity index (χ0) is 31.9. The zero-order valence-corrected chi connectivity index (χ0v) is 26.1. The first kappa shape index (κ1) is 27.8. The molecule has 0 aliphatic rings. The van der Waals surface area contributed by atoms with Gasteiger partial charge in [-0.3, -0.25) is 9.97 Å². The highest BCUT2D eigenvalue weighted by molar-refractivity contribution is 6.28. The maximum atomic E-state index is 4.99. The molecule has 0 aliphatic carbocycles. The molecule has 9 aromatic rings. The Labute approximate surface area is 278 Å². The van der Waals surface area contributed by atoms with Crippen LogP contribution in [0.25, 0.3) is 88.3 Å². The highest BCUT2D eigenvalue weighted by Crippen LogP contribution is 2.41. The summed E-state index contributed by atoms with van der Waals surface area (Å²) in [4.78, 5) is 13.9. The van der Waals surface area contributed by atoms with Gasteiger partial charge in [0.1, 0.15) is 0 Å². The van der Waals surface area contributed by atoms with Gasteiger partial charge in [0.25, 0.3) is 0 Å².